The molecule has 0 heterocycles. The molecule has 0 aliphatic heterocycles. The molecule has 2 aromatic rings. The van der Waals surface area contributed by atoms with Crippen LogP contribution < -0.4 is 5.32 Å². The Bertz CT molecular complexity index is 1100. The van der Waals surface area contributed by atoms with E-state index in [-0.39, 0.29) is 28.0 Å². The molecule has 2 N–H and O–H groups in total. The molecule has 0 aromatic heterocycles. The molecule has 2 aromatic carbocycles. The smallest absolute Gasteiger partial charge is 0.235 e. The Morgan fingerprint density at radius 2 is 1.30 bits per heavy atom. The van der Waals surface area contributed by atoms with Gasteiger partial charge in [0.05, 0.1) is 11.6 Å². The zero-order valence-corrected chi connectivity index (χ0v) is 21.8. The number of aliphatic hydroxyl groups excluding tert-OH is 1. The van der Waals surface area contributed by atoms with Crippen molar-refractivity contribution in [2.24, 2.45) is 0 Å². The Balaban J connectivity index is 1.58. The fourth-order valence-corrected chi connectivity index (χ4v) is 4.94. The highest BCUT2D eigenvalue weighted by molar-refractivity contribution is 6.52. The van der Waals surface area contributed by atoms with Gasteiger partial charge in [-0.25, -0.2) is 8.78 Å². The summed E-state index contributed by atoms with van der Waals surface area (Å²) in [7, 11) is 0. The van der Waals surface area contributed by atoms with Crippen LogP contribution in [0.4, 0.5) is 8.78 Å². The number of Topliss-reactive ketones (excluding diaryl/α,β-unsaturated/α-hetero) is 2. The number of fused-ring (bicyclic) bond motifs is 1. The number of halogens is 2. The van der Waals surface area contributed by atoms with Crippen molar-refractivity contribution in [2.75, 3.05) is 6.54 Å². The lowest BCUT2D eigenvalue weighted by Gasteiger charge is -2.26. The fourth-order valence-electron chi connectivity index (χ4n) is 4.94. The molecule has 1 aliphatic carbocycles. The van der Waals surface area contributed by atoms with Crippen molar-refractivity contribution >= 4 is 17.3 Å². The van der Waals surface area contributed by atoms with E-state index in [0.29, 0.717) is 6.54 Å². The summed E-state index contributed by atoms with van der Waals surface area (Å²) in [5.41, 5.74) is 0.550. The van der Waals surface area contributed by atoms with Crippen LogP contribution in [0.5, 0.6) is 0 Å². The predicted molar refractivity (Wildman–Crippen MR) is 144 cm³/mol. The van der Waals surface area contributed by atoms with Gasteiger partial charge in [0, 0.05) is 11.1 Å². The van der Waals surface area contributed by atoms with E-state index >= 15 is 0 Å². The first-order chi connectivity index (χ1) is 18.0. The number of hydrogen-bond acceptors (Lipinski definition) is 4. The second-order valence-electron chi connectivity index (χ2n) is 9.92. The first kappa shape index (κ1) is 28.7. The summed E-state index contributed by atoms with van der Waals surface area (Å²) in [5, 5.41) is 14.2. The Hall–Kier alpha value is -2.86. The minimum absolute atomic E-state index is 0.131. The third-order valence-corrected chi connectivity index (χ3v) is 7.08. The predicted octanol–water partition coefficient (Wildman–Crippen LogP) is 8.03. The molecule has 1 aliphatic rings. The molecule has 0 amide bonds. The molecule has 0 radical (unpaired) electrons. The highest BCUT2D eigenvalue weighted by Gasteiger charge is 2.37. The average Bonchev–Trinajstić information content (AvgIpc) is 2.90. The number of unbranched alkanes of at least 4 members (excludes halogenated alkanes) is 11. The van der Waals surface area contributed by atoms with Crippen molar-refractivity contribution in [1.29, 1.82) is 0 Å². The van der Waals surface area contributed by atoms with E-state index in [1.54, 1.807) is 18.2 Å². The maximum absolute atomic E-state index is 14.1. The second-order valence-corrected chi connectivity index (χ2v) is 9.92. The zero-order chi connectivity index (χ0) is 26.6. The van der Waals surface area contributed by atoms with E-state index in [0.717, 1.165) is 31.4 Å². The third kappa shape index (κ3) is 7.81. The Morgan fingerprint density at radius 3 is 1.89 bits per heavy atom. The number of hydrogen-bond donors (Lipinski definition) is 2. The molecule has 1 unspecified atom stereocenters. The van der Waals surface area contributed by atoms with Crippen molar-refractivity contribution in [1.82, 2.24) is 5.32 Å². The maximum atomic E-state index is 14.1. The highest BCUT2D eigenvalue weighted by Crippen LogP contribution is 2.35. The molecule has 1 atom stereocenters. The summed E-state index contributed by atoms with van der Waals surface area (Å²) in [6.07, 6.45) is 14.5. The summed E-state index contributed by atoms with van der Waals surface area (Å²) in [5.74, 6) is -3.92. The van der Waals surface area contributed by atoms with Crippen LogP contribution >= 0.6 is 0 Å². The summed E-state index contributed by atoms with van der Waals surface area (Å²) in [6, 6.07) is 8.79. The Morgan fingerprint density at radius 1 is 0.730 bits per heavy atom. The first-order valence-electron chi connectivity index (χ1n) is 13.8. The van der Waals surface area contributed by atoms with Gasteiger partial charge in [-0.15, -0.1) is 0 Å². The van der Waals surface area contributed by atoms with Crippen LogP contribution in [0.1, 0.15) is 112 Å². The Labute approximate surface area is 219 Å². The molecule has 0 spiro atoms. The van der Waals surface area contributed by atoms with E-state index in [1.807, 2.05) is 0 Å². The molecular formula is C31H39F2NO3. The van der Waals surface area contributed by atoms with Crippen LogP contribution in [0.3, 0.4) is 0 Å². The van der Waals surface area contributed by atoms with Crippen molar-refractivity contribution < 1.29 is 23.5 Å². The van der Waals surface area contributed by atoms with Gasteiger partial charge in [-0.05, 0) is 30.7 Å². The summed E-state index contributed by atoms with van der Waals surface area (Å²) >= 11 is 0. The van der Waals surface area contributed by atoms with E-state index in [4.69, 9.17) is 0 Å². The van der Waals surface area contributed by atoms with Gasteiger partial charge >= 0.3 is 0 Å². The van der Waals surface area contributed by atoms with Gasteiger partial charge in [0.1, 0.15) is 5.76 Å². The summed E-state index contributed by atoms with van der Waals surface area (Å²) in [6.45, 7) is 2.73. The second kappa shape index (κ2) is 14.8. The lowest BCUT2D eigenvalue weighted by Crippen LogP contribution is -2.34. The average molecular weight is 512 g/mol. The number of benzene rings is 2. The number of nitrogens with one attached hydrogen (secondary N) is 1. The Kier molecular flexibility index (Phi) is 11.5. The van der Waals surface area contributed by atoms with E-state index < -0.39 is 29.2 Å². The molecule has 37 heavy (non-hydrogen) atoms. The monoisotopic (exact) mass is 511 g/mol. The van der Waals surface area contributed by atoms with Gasteiger partial charge in [0.15, 0.2) is 11.6 Å². The summed E-state index contributed by atoms with van der Waals surface area (Å²) in [4.78, 5) is 25.8. The minimum Gasteiger partial charge on any atom is -0.507 e. The van der Waals surface area contributed by atoms with Crippen LogP contribution in [-0.2, 0) is 4.79 Å². The molecule has 3 rings (SSSR count). The molecule has 200 valence electrons. The highest BCUT2D eigenvalue weighted by atomic mass is 19.2. The van der Waals surface area contributed by atoms with Gasteiger partial charge in [-0.2, -0.15) is 0 Å². The topological polar surface area (TPSA) is 66.4 Å². The quantitative estimate of drug-likeness (QED) is 0.177. The van der Waals surface area contributed by atoms with Gasteiger partial charge in [-0.1, -0.05) is 108 Å². The number of aliphatic hydroxyl groups is 1. The van der Waals surface area contributed by atoms with E-state index in [2.05, 4.69) is 12.2 Å². The fraction of sp³-hybridized carbons (Fsp3) is 0.484. The largest absolute Gasteiger partial charge is 0.507 e. The van der Waals surface area contributed by atoms with Gasteiger partial charge < -0.3 is 10.4 Å². The lowest BCUT2D eigenvalue weighted by molar-refractivity contribution is -0.112. The lowest BCUT2D eigenvalue weighted by atomic mass is 9.83. The van der Waals surface area contributed by atoms with Crippen molar-refractivity contribution in [3.05, 3.63) is 76.4 Å². The molecule has 0 fully saturated rings. The maximum Gasteiger partial charge on any atom is 0.235 e. The number of rotatable bonds is 16. The van der Waals surface area contributed by atoms with E-state index in [9.17, 15) is 23.5 Å². The van der Waals surface area contributed by atoms with Gasteiger partial charge in [-0.3, -0.25) is 9.59 Å². The van der Waals surface area contributed by atoms with Crippen molar-refractivity contribution in [3.8, 4) is 0 Å². The normalized spacial score (nSPS) is 14.2. The zero-order valence-electron chi connectivity index (χ0n) is 21.8. The standard InChI is InChI=1S/C31H39F2NO3/c1-2-3-4-5-6-7-8-9-10-11-12-15-20-34-28(22-18-19-25(32)26(33)21-22)27-29(35)23-16-13-14-17-24(23)30(36)31(27)37/h13-14,16-19,21,28,34-35H,2-12,15,20H2,1H3. The first-order valence-corrected chi connectivity index (χ1v) is 13.8. The molecule has 0 saturated carbocycles. The van der Waals surface area contributed by atoms with Crippen LogP contribution in [0.25, 0.3) is 5.76 Å². The molecular weight excluding hydrogens is 472 g/mol. The molecule has 4 nitrogen and oxygen atoms in total. The van der Waals surface area contributed by atoms with Crippen molar-refractivity contribution in [2.45, 2.75) is 90.0 Å². The third-order valence-electron chi connectivity index (χ3n) is 7.08. The van der Waals surface area contributed by atoms with Crippen LogP contribution in [0.2, 0.25) is 0 Å². The van der Waals surface area contributed by atoms with Gasteiger partial charge in [0.25, 0.3) is 0 Å². The summed E-state index contributed by atoms with van der Waals surface area (Å²) < 4.78 is 27.7. The molecule has 0 saturated heterocycles. The number of ketones is 2. The van der Waals surface area contributed by atoms with Crippen molar-refractivity contribution in [3.63, 3.8) is 0 Å². The number of carbonyl (C=O) groups excluding carboxylic acids is 2. The van der Waals surface area contributed by atoms with E-state index in [1.165, 1.54) is 69.9 Å². The molecule has 0 bridgehead atoms. The molecule has 6 heteroatoms. The minimum atomic E-state index is -1.05. The van der Waals surface area contributed by atoms with Crippen LogP contribution in [0.15, 0.2) is 48.0 Å². The SMILES string of the molecule is CCCCCCCCCCCCCCNC(C1=C(O)c2ccccc2C(=O)C1=O)c1ccc(F)c(F)c1. The number of carbonyl (C=O) groups is 2. The van der Waals surface area contributed by atoms with Gasteiger partial charge in [0.2, 0.25) is 11.6 Å². The van der Waals surface area contributed by atoms with Crippen LogP contribution in [0, 0.1) is 11.6 Å². The van der Waals surface area contributed by atoms with Crippen LogP contribution in [-0.4, -0.2) is 23.2 Å².